The average Bonchev–Trinajstić information content (AvgIpc) is 2.61. The van der Waals surface area contributed by atoms with Crippen LogP contribution in [0.25, 0.3) is 0 Å². The van der Waals surface area contributed by atoms with Crippen molar-refractivity contribution in [1.29, 1.82) is 0 Å². The molecule has 0 spiro atoms. The van der Waals surface area contributed by atoms with Crippen LogP contribution in [0.3, 0.4) is 0 Å². The molecule has 0 aromatic heterocycles. The lowest BCUT2D eigenvalue weighted by Gasteiger charge is -2.23. The second-order valence-electron chi connectivity index (χ2n) is 9.31. The molecule has 0 saturated heterocycles. The Hall–Kier alpha value is -2.96. The summed E-state index contributed by atoms with van der Waals surface area (Å²) in [5, 5.41) is 19.4. The van der Waals surface area contributed by atoms with Crippen molar-refractivity contribution in [2.45, 2.75) is 19.5 Å². The fourth-order valence-electron chi connectivity index (χ4n) is 2.51. The number of nitrogens with zero attached hydrogens (tertiary/aromatic N) is 2. The molecular weight excluding hydrogens is 392 g/mol. The zero-order chi connectivity index (χ0) is 24.1. The Morgan fingerprint density at radius 2 is 1.03 bits per heavy atom. The van der Waals surface area contributed by atoms with Gasteiger partial charge < -0.3 is 28.8 Å². The van der Waals surface area contributed by atoms with E-state index in [1.165, 1.54) is 11.1 Å². The van der Waals surface area contributed by atoms with Crippen LogP contribution in [-0.2, 0) is 22.7 Å². The Morgan fingerprint density at radius 3 is 1.23 bits per heavy atom. The highest BCUT2D eigenvalue weighted by atomic mass is 16.4. The van der Waals surface area contributed by atoms with Gasteiger partial charge in [-0.25, -0.2) is 0 Å². The molecule has 0 radical (unpaired) electrons. The fraction of sp³-hybridized carbons (Fsp3) is 0.360. The van der Waals surface area contributed by atoms with Gasteiger partial charge in [0.2, 0.25) is 0 Å². The summed E-state index contributed by atoms with van der Waals surface area (Å²) in [4.78, 5) is 19.4. The van der Waals surface area contributed by atoms with Crippen LogP contribution < -0.4 is 10.2 Å². The van der Waals surface area contributed by atoms with Crippen molar-refractivity contribution in [2.24, 2.45) is 0 Å². The van der Waals surface area contributed by atoms with E-state index in [0.29, 0.717) is 0 Å². The van der Waals surface area contributed by atoms with Crippen molar-refractivity contribution in [3.63, 3.8) is 0 Å². The lowest BCUT2D eigenvalue weighted by atomic mass is 10.2. The SMILES string of the molecule is C=C(CC(=O)[O-])C(=O)[O-].C[N+](C)(C)Cc1ccccc1.C[N+](C)(C)Cc1ccccc1. The van der Waals surface area contributed by atoms with Crippen LogP contribution in [0.5, 0.6) is 0 Å². The standard InChI is InChI=1S/2C10H16N.C5H6O4/c2*1-11(2,3)9-10-7-5-4-6-8-10;1-3(5(8)9)2-4(6)7/h2*4-8H,9H2,1-3H3;1-2H2,(H,6,7)(H,8,9)/q2*+1;/p-2. The van der Waals surface area contributed by atoms with E-state index >= 15 is 0 Å². The summed E-state index contributed by atoms with van der Waals surface area (Å²) in [6, 6.07) is 21.1. The Balaban J connectivity index is 0.000000439. The molecule has 0 aliphatic heterocycles. The van der Waals surface area contributed by atoms with E-state index in [4.69, 9.17) is 0 Å². The third kappa shape index (κ3) is 17.6. The molecule has 6 nitrogen and oxygen atoms in total. The highest BCUT2D eigenvalue weighted by Crippen LogP contribution is 2.06. The van der Waals surface area contributed by atoms with Crippen molar-refractivity contribution in [2.75, 3.05) is 42.3 Å². The molecule has 0 heterocycles. The molecule has 2 aromatic rings. The van der Waals surface area contributed by atoms with Crippen LogP contribution in [0, 0.1) is 0 Å². The van der Waals surface area contributed by atoms with E-state index in [2.05, 4.69) is 110 Å². The van der Waals surface area contributed by atoms with Crippen molar-refractivity contribution < 1.29 is 28.8 Å². The maximum absolute atomic E-state index is 9.73. The highest BCUT2D eigenvalue weighted by molar-refractivity contribution is 5.89. The molecule has 0 saturated carbocycles. The van der Waals surface area contributed by atoms with Crippen molar-refractivity contribution >= 4 is 11.9 Å². The first-order chi connectivity index (χ1) is 14.2. The number of carboxylic acids is 2. The number of benzene rings is 2. The Morgan fingerprint density at radius 1 is 0.710 bits per heavy atom. The summed E-state index contributed by atoms with van der Waals surface area (Å²) in [5.41, 5.74) is 2.33. The minimum Gasteiger partial charge on any atom is -0.550 e. The molecule has 0 amide bonds. The number of carboxylic acid groups (broad SMARTS) is 2. The quantitative estimate of drug-likeness (QED) is 0.491. The first kappa shape index (κ1) is 28.0. The summed E-state index contributed by atoms with van der Waals surface area (Å²) < 4.78 is 1.98. The second-order valence-corrected chi connectivity index (χ2v) is 9.31. The van der Waals surface area contributed by atoms with Gasteiger partial charge in [-0.1, -0.05) is 67.2 Å². The molecule has 170 valence electrons. The third-order valence-corrected chi connectivity index (χ3v) is 3.65. The van der Waals surface area contributed by atoms with Gasteiger partial charge in [0.1, 0.15) is 13.1 Å². The van der Waals surface area contributed by atoms with Gasteiger partial charge in [-0.15, -0.1) is 0 Å². The molecule has 0 bridgehead atoms. The molecule has 6 heteroatoms. The number of aliphatic carboxylic acids is 2. The highest BCUT2D eigenvalue weighted by Gasteiger charge is 2.07. The minimum atomic E-state index is -1.56. The van der Waals surface area contributed by atoms with E-state index in [0.717, 1.165) is 22.1 Å². The largest absolute Gasteiger partial charge is 0.550 e. The number of carbonyl (C=O) groups excluding carboxylic acids is 2. The summed E-state index contributed by atoms with van der Waals surface area (Å²) >= 11 is 0. The minimum absolute atomic E-state index is 0.477. The predicted molar refractivity (Wildman–Crippen MR) is 120 cm³/mol. The van der Waals surface area contributed by atoms with E-state index < -0.39 is 23.9 Å². The van der Waals surface area contributed by atoms with Crippen LogP contribution in [0.1, 0.15) is 17.5 Å². The Kier molecular flexibility index (Phi) is 12.1. The number of hydrogen-bond donors (Lipinski definition) is 0. The smallest absolute Gasteiger partial charge is 0.104 e. The molecule has 0 aliphatic carbocycles. The lowest BCUT2D eigenvalue weighted by molar-refractivity contribution is -0.884. The second kappa shape index (κ2) is 13.4. The van der Waals surface area contributed by atoms with Gasteiger partial charge >= 0.3 is 0 Å². The molecule has 2 rings (SSSR count). The lowest BCUT2D eigenvalue weighted by Crippen LogP contribution is -2.33. The number of rotatable bonds is 7. The summed E-state index contributed by atoms with van der Waals surface area (Å²) in [7, 11) is 13.2. The molecular formula is C25H36N2O4. The van der Waals surface area contributed by atoms with Gasteiger partial charge in [0, 0.05) is 23.5 Å². The van der Waals surface area contributed by atoms with Crippen LogP contribution in [-0.4, -0.2) is 63.2 Å². The topological polar surface area (TPSA) is 80.3 Å². The fourth-order valence-corrected chi connectivity index (χ4v) is 2.51. The van der Waals surface area contributed by atoms with E-state index in [1.54, 1.807) is 0 Å². The van der Waals surface area contributed by atoms with Crippen LogP contribution in [0.4, 0.5) is 0 Å². The van der Waals surface area contributed by atoms with Gasteiger partial charge in [0.05, 0.1) is 48.3 Å². The predicted octanol–water partition coefficient (Wildman–Crippen LogP) is 1.22. The molecule has 31 heavy (non-hydrogen) atoms. The zero-order valence-corrected chi connectivity index (χ0v) is 19.6. The normalized spacial score (nSPS) is 10.6. The number of carbonyl (C=O) groups is 2. The zero-order valence-electron chi connectivity index (χ0n) is 19.6. The van der Waals surface area contributed by atoms with Gasteiger partial charge in [0.25, 0.3) is 0 Å². The number of hydrogen-bond acceptors (Lipinski definition) is 4. The molecule has 2 aromatic carbocycles. The summed E-state index contributed by atoms with van der Waals surface area (Å²) in [6.07, 6.45) is -0.678. The molecule has 0 fully saturated rings. The first-order valence-corrected chi connectivity index (χ1v) is 9.97. The third-order valence-electron chi connectivity index (χ3n) is 3.65. The Bertz CT molecular complexity index is 753. The summed E-state index contributed by atoms with van der Waals surface area (Å²) in [6.45, 7) is 5.11. The van der Waals surface area contributed by atoms with Gasteiger partial charge in [-0.05, 0) is 5.57 Å². The molecule has 0 aliphatic rings. The van der Waals surface area contributed by atoms with E-state index in [9.17, 15) is 19.8 Å². The van der Waals surface area contributed by atoms with E-state index in [-0.39, 0.29) is 0 Å². The molecule has 0 atom stereocenters. The van der Waals surface area contributed by atoms with Crippen LogP contribution >= 0.6 is 0 Å². The van der Waals surface area contributed by atoms with Crippen LogP contribution in [0.2, 0.25) is 0 Å². The van der Waals surface area contributed by atoms with Gasteiger partial charge in [-0.3, -0.25) is 0 Å². The maximum atomic E-state index is 9.73. The molecule has 0 unspecified atom stereocenters. The van der Waals surface area contributed by atoms with Crippen molar-refractivity contribution in [3.05, 3.63) is 83.9 Å². The van der Waals surface area contributed by atoms with Crippen LogP contribution in [0.15, 0.2) is 72.8 Å². The first-order valence-electron chi connectivity index (χ1n) is 9.97. The monoisotopic (exact) mass is 428 g/mol. The van der Waals surface area contributed by atoms with Gasteiger partial charge in [-0.2, -0.15) is 0 Å². The Labute approximate surface area is 186 Å². The number of quaternary nitrogens is 2. The summed E-state index contributed by atoms with van der Waals surface area (Å²) in [5.74, 6) is -3.02. The van der Waals surface area contributed by atoms with E-state index in [1.807, 2.05) is 0 Å². The van der Waals surface area contributed by atoms with Crippen molar-refractivity contribution in [1.82, 2.24) is 0 Å². The van der Waals surface area contributed by atoms with Gasteiger partial charge in [0.15, 0.2) is 0 Å². The average molecular weight is 429 g/mol. The maximum Gasteiger partial charge on any atom is 0.104 e. The molecule has 0 N–H and O–H groups in total. The van der Waals surface area contributed by atoms with Crippen molar-refractivity contribution in [3.8, 4) is 0 Å².